The normalized spacial score (nSPS) is 25.4. The summed E-state index contributed by atoms with van der Waals surface area (Å²) in [5.74, 6) is -0.120. The zero-order valence-corrected chi connectivity index (χ0v) is 18.0. The molecule has 0 saturated carbocycles. The number of nitrogens with one attached hydrogen (secondary N) is 2. The number of halogens is 1. The second-order valence-corrected chi connectivity index (χ2v) is 9.05. The fourth-order valence-corrected chi connectivity index (χ4v) is 5.20. The number of amides is 2. The van der Waals surface area contributed by atoms with Crippen molar-refractivity contribution in [3.63, 3.8) is 0 Å². The van der Waals surface area contributed by atoms with Gasteiger partial charge in [-0.3, -0.25) is 14.5 Å². The number of piperidine rings is 1. The predicted octanol–water partition coefficient (Wildman–Crippen LogP) is 2.45. The second kappa shape index (κ2) is 8.92. The summed E-state index contributed by atoms with van der Waals surface area (Å²) in [6.07, 6.45) is 5.60. The lowest BCUT2D eigenvalue weighted by molar-refractivity contribution is -0.130. The van der Waals surface area contributed by atoms with E-state index in [-0.39, 0.29) is 23.7 Å². The molecule has 30 heavy (non-hydrogen) atoms. The largest absolute Gasteiger partial charge is 0.373 e. The van der Waals surface area contributed by atoms with Crippen LogP contribution in [0.25, 0.3) is 0 Å². The van der Waals surface area contributed by atoms with Gasteiger partial charge in [0.1, 0.15) is 11.9 Å². The van der Waals surface area contributed by atoms with Crippen LogP contribution < -0.4 is 10.6 Å². The number of anilines is 1. The first-order valence-corrected chi connectivity index (χ1v) is 11.3. The van der Waals surface area contributed by atoms with Crippen LogP contribution in [-0.2, 0) is 16.0 Å². The minimum atomic E-state index is -0.411. The summed E-state index contributed by atoms with van der Waals surface area (Å²) in [4.78, 5) is 29.0. The number of carbonyl (C=O) groups is 2. The number of nitrogens with zero attached hydrogens (tertiary/aromatic N) is 2. The van der Waals surface area contributed by atoms with Gasteiger partial charge in [0, 0.05) is 56.3 Å². The monoisotopic (exact) mass is 416 g/mol. The fourth-order valence-electron chi connectivity index (χ4n) is 5.20. The lowest BCUT2D eigenvalue weighted by Crippen LogP contribution is -2.52. The topological polar surface area (TPSA) is 64.7 Å². The van der Waals surface area contributed by atoms with E-state index >= 15 is 0 Å². The molecule has 3 aliphatic heterocycles. The van der Waals surface area contributed by atoms with Crippen LogP contribution >= 0.6 is 0 Å². The summed E-state index contributed by atoms with van der Waals surface area (Å²) in [6, 6.07) is 3.41. The molecule has 1 aromatic rings. The summed E-state index contributed by atoms with van der Waals surface area (Å²) in [5.41, 5.74) is 2.36. The van der Waals surface area contributed by atoms with E-state index in [1.54, 1.807) is 13.0 Å². The van der Waals surface area contributed by atoms with Gasteiger partial charge in [0.2, 0.25) is 11.8 Å². The highest BCUT2D eigenvalue weighted by molar-refractivity contribution is 5.88. The lowest BCUT2D eigenvalue weighted by atomic mass is 10.0. The smallest absolute Gasteiger partial charge is 0.243 e. The maximum atomic E-state index is 14.2. The standard InChI is InChI=1S/C23H33FN4O2/c1-15-6-7-20(24)19-13-21(26-22(15)19)23(30)25-17-5-3-4-10-28(14-17)18-8-11-27(12-9-18)16(2)29/h6-7,17-18,21,26H,3-5,8-14H2,1-2H3,(H,25,30). The van der Waals surface area contributed by atoms with E-state index in [2.05, 4.69) is 15.5 Å². The summed E-state index contributed by atoms with van der Waals surface area (Å²) in [7, 11) is 0. The molecule has 2 saturated heterocycles. The van der Waals surface area contributed by atoms with E-state index in [1.807, 2.05) is 11.8 Å². The van der Waals surface area contributed by atoms with Crippen molar-refractivity contribution in [1.29, 1.82) is 0 Å². The van der Waals surface area contributed by atoms with Gasteiger partial charge in [-0.2, -0.15) is 0 Å². The number of carbonyl (C=O) groups excluding carboxylic acids is 2. The third-order valence-corrected chi connectivity index (χ3v) is 6.98. The third-order valence-electron chi connectivity index (χ3n) is 6.98. The van der Waals surface area contributed by atoms with Crippen molar-refractivity contribution in [3.8, 4) is 0 Å². The summed E-state index contributed by atoms with van der Waals surface area (Å²) in [5, 5.41) is 6.48. The highest BCUT2D eigenvalue weighted by Crippen LogP contribution is 2.31. The number of fused-ring (bicyclic) bond motifs is 1. The molecule has 2 unspecified atom stereocenters. The molecule has 4 rings (SSSR count). The molecule has 2 fully saturated rings. The van der Waals surface area contributed by atoms with Crippen molar-refractivity contribution in [2.45, 2.75) is 70.5 Å². The highest BCUT2D eigenvalue weighted by Gasteiger charge is 2.33. The van der Waals surface area contributed by atoms with Crippen LogP contribution in [0.4, 0.5) is 10.1 Å². The Kier molecular flexibility index (Phi) is 6.27. The first kappa shape index (κ1) is 21.1. The maximum absolute atomic E-state index is 14.2. The maximum Gasteiger partial charge on any atom is 0.243 e. The Hall–Kier alpha value is -2.15. The molecule has 0 spiro atoms. The van der Waals surface area contributed by atoms with Crippen LogP contribution in [0.15, 0.2) is 12.1 Å². The molecule has 3 heterocycles. The Labute approximate surface area is 178 Å². The molecule has 2 atom stereocenters. The molecule has 0 radical (unpaired) electrons. The van der Waals surface area contributed by atoms with Crippen molar-refractivity contribution in [2.75, 3.05) is 31.5 Å². The molecular weight excluding hydrogens is 383 g/mol. The van der Waals surface area contributed by atoms with Gasteiger partial charge in [0.25, 0.3) is 0 Å². The van der Waals surface area contributed by atoms with Crippen LogP contribution in [0, 0.1) is 12.7 Å². The van der Waals surface area contributed by atoms with Gasteiger partial charge in [0.05, 0.1) is 0 Å². The van der Waals surface area contributed by atoms with Crippen LogP contribution in [-0.4, -0.2) is 65.9 Å². The Balaban J connectivity index is 1.34. The van der Waals surface area contributed by atoms with Crippen LogP contribution in [0.2, 0.25) is 0 Å². The van der Waals surface area contributed by atoms with Gasteiger partial charge in [-0.05, 0) is 50.8 Å². The van der Waals surface area contributed by atoms with E-state index in [4.69, 9.17) is 0 Å². The highest BCUT2D eigenvalue weighted by atomic mass is 19.1. The average molecular weight is 417 g/mol. The number of benzene rings is 1. The molecular formula is C23H33FN4O2. The average Bonchev–Trinajstić information content (AvgIpc) is 3.08. The first-order chi connectivity index (χ1) is 14.4. The molecule has 6 nitrogen and oxygen atoms in total. The van der Waals surface area contributed by atoms with E-state index < -0.39 is 6.04 Å². The van der Waals surface area contributed by atoms with E-state index in [1.165, 1.54) is 6.07 Å². The van der Waals surface area contributed by atoms with Gasteiger partial charge >= 0.3 is 0 Å². The van der Waals surface area contributed by atoms with Crippen molar-refractivity contribution in [1.82, 2.24) is 15.1 Å². The van der Waals surface area contributed by atoms with Crippen LogP contribution in [0.3, 0.4) is 0 Å². The van der Waals surface area contributed by atoms with E-state index in [0.29, 0.717) is 18.0 Å². The Morgan fingerprint density at radius 3 is 2.60 bits per heavy atom. The number of aryl methyl sites for hydroxylation is 1. The third kappa shape index (κ3) is 4.46. The Bertz CT molecular complexity index is 776. The van der Waals surface area contributed by atoms with Gasteiger partial charge in [-0.15, -0.1) is 0 Å². The molecule has 2 N–H and O–H groups in total. The molecule has 1 aromatic carbocycles. The van der Waals surface area contributed by atoms with Crippen LogP contribution in [0.1, 0.15) is 50.2 Å². The van der Waals surface area contributed by atoms with Crippen molar-refractivity contribution < 1.29 is 14.0 Å². The zero-order chi connectivity index (χ0) is 21.3. The molecule has 0 bridgehead atoms. The number of rotatable bonds is 3. The van der Waals surface area contributed by atoms with E-state index in [9.17, 15) is 14.0 Å². The molecule has 7 heteroatoms. The summed E-state index contributed by atoms with van der Waals surface area (Å²) < 4.78 is 14.2. The van der Waals surface area contributed by atoms with Crippen molar-refractivity contribution in [3.05, 3.63) is 29.1 Å². The SMILES string of the molecule is CC(=O)N1CCC(N2CCCCC(NC(=O)C3Cc4c(F)ccc(C)c4N3)C2)CC1. The van der Waals surface area contributed by atoms with Gasteiger partial charge in [0.15, 0.2) is 0 Å². The number of hydrogen-bond acceptors (Lipinski definition) is 4. The zero-order valence-electron chi connectivity index (χ0n) is 18.0. The van der Waals surface area contributed by atoms with Crippen molar-refractivity contribution in [2.24, 2.45) is 0 Å². The quantitative estimate of drug-likeness (QED) is 0.795. The molecule has 164 valence electrons. The molecule has 0 aliphatic carbocycles. The van der Waals surface area contributed by atoms with Crippen LogP contribution in [0.5, 0.6) is 0 Å². The van der Waals surface area contributed by atoms with E-state index in [0.717, 1.165) is 69.5 Å². The van der Waals surface area contributed by atoms with Gasteiger partial charge < -0.3 is 15.5 Å². The van der Waals surface area contributed by atoms with Crippen molar-refractivity contribution >= 4 is 17.5 Å². The molecule has 3 aliphatic rings. The minimum Gasteiger partial charge on any atom is -0.373 e. The molecule has 0 aromatic heterocycles. The summed E-state index contributed by atoms with van der Waals surface area (Å²) >= 11 is 0. The second-order valence-electron chi connectivity index (χ2n) is 9.05. The minimum absolute atomic E-state index is 0.0387. The Morgan fingerprint density at radius 1 is 1.13 bits per heavy atom. The first-order valence-electron chi connectivity index (χ1n) is 11.3. The Morgan fingerprint density at radius 2 is 1.90 bits per heavy atom. The number of hydrogen-bond donors (Lipinski definition) is 2. The fraction of sp³-hybridized carbons (Fsp3) is 0.652. The van der Waals surface area contributed by atoms with Gasteiger partial charge in [-0.1, -0.05) is 12.5 Å². The lowest BCUT2D eigenvalue weighted by Gasteiger charge is -2.39. The summed E-state index contributed by atoms with van der Waals surface area (Å²) in [6.45, 7) is 7.12. The molecule has 2 amide bonds. The number of likely N-dealkylation sites (tertiary alicyclic amines) is 2. The predicted molar refractivity (Wildman–Crippen MR) is 115 cm³/mol. The van der Waals surface area contributed by atoms with Gasteiger partial charge in [-0.25, -0.2) is 4.39 Å².